The third-order valence-electron chi connectivity index (χ3n) is 2.98. The van der Waals surface area contributed by atoms with Crippen LogP contribution < -0.4 is 0 Å². The van der Waals surface area contributed by atoms with Gasteiger partial charge in [-0.05, 0) is 38.2 Å². The molecule has 0 fully saturated rings. The van der Waals surface area contributed by atoms with Gasteiger partial charge in [0.2, 0.25) is 0 Å². The van der Waals surface area contributed by atoms with Gasteiger partial charge in [-0.15, -0.1) is 0 Å². The van der Waals surface area contributed by atoms with Gasteiger partial charge in [0.15, 0.2) is 0 Å². The fourth-order valence-electron chi connectivity index (χ4n) is 1.72. The number of allylic oxidation sites excluding steroid dienone is 3. The minimum Gasteiger partial charge on any atom is -0.478 e. The van der Waals surface area contributed by atoms with Gasteiger partial charge < -0.3 is 9.84 Å². The third kappa shape index (κ3) is 10.1. The number of aliphatic carboxylic acids is 1. The van der Waals surface area contributed by atoms with Crippen molar-refractivity contribution in [3.63, 3.8) is 0 Å². The van der Waals surface area contributed by atoms with E-state index in [0.717, 1.165) is 18.4 Å². The zero-order valence-electron chi connectivity index (χ0n) is 12.0. The predicted molar refractivity (Wildman–Crippen MR) is 74.6 cm³/mol. The van der Waals surface area contributed by atoms with Gasteiger partial charge in [-0.2, -0.15) is 0 Å². The highest BCUT2D eigenvalue weighted by Crippen LogP contribution is 2.14. The molecule has 0 aromatic rings. The Morgan fingerprint density at radius 2 is 2.00 bits per heavy atom. The molecule has 3 heteroatoms. The highest BCUT2D eigenvalue weighted by molar-refractivity contribution is 5.81. The van der Waals surface area contributed by atoms with E-state index in [-0.39, 0.29) is 0 Å². The van der Waals surface area contributed by atoms with Crippen LogP contribution in [0.5, 0.6) is 0 Å². The fraction of sp³-hybridized carbons (Fsp3) is 0.667. The van der Waals surface area contributed by atoms with E-state index in [4.69, 9.17) is 9.84 Å². The highest BCUT2D eigenvalue weighted by atomic mass is 16.5. The van der Waals surface area contributed by atoms with Crippen LogP contribution in [0.3, 0.4) is 0 Å². The van der Waals surface area contributed by atoms with Gasteiger partial charge in [0.25, 0.3) is 0 Å². The molecule has 0 aliphatic carbocycles. The standard InChI is InChI=1S/C15H26O3/c1-12(8-6-10-14(3)18-4)7-5-9-13(2)11-15(16)17/h5,9,11-12,14H,6-8,10H2,1-4H3,(H,16,17). The number of carboxylic acid groups (broad SMARTS) is 1. The first kappa shape index (κ1) is 16.9. The molecule has 0 saturated carbocycles. The second kappa shape index (κ2) is 9.89. The summed E-state index contributed by atoms with van der Waals surface area (Å²) in [7, 11) is 1.74. The van der Waals surface area contributed by atoms with Gasteiger partial charge in [0.05, 0.1) is 6.10 Å². The van der Waals surface area contributed by atoms with Crippen molar-refractivity contribution >= 4 is 5.97 Å². The Kier molecular flexibility index (Phi) is 9.29. The molecule has 104 valence electrons. The van der Waals surface area contributed by atoms with Gasteiger partial charge >= 0.3 is 5.97 Å². The number of rotatable bonds is 9. The van der Waals surface area contributed by atoms with E-state index in [9.17, 15) is 4.79 Å². The minimum absolute atomic E-state index is 0.341. The smallest absolute Gasteiger partial charge is 0.328 e. The van der Waals surface area contributed by atoms with Gasteiger partial charge in [0, 0.05) is 13.2 Å². The molecule has 0 aromatic heterocycles. The molecule has 0 bridgehead atoms. The van der Waals surface area contributed by atoms with Crippen molar-refractivity contribution in [1.29, 1.82) is 0 Å². The molecule has 0 aliphatic rings. The summed E-state index contributed by atoms with van der Waals surface area (Å²) in [5, 5.41) is 8.56. The van der Waals surface area contributed by atoms with Crippen LogP contribution in [0, 0.1) is 5.92 Å². The lowest BCUT2D eigenvalue weighted by Crippen LogP contribution is -2.05. The lowest BCUT2D eigenvalue weighted by Gasteiger charge is -2.11. The summed E-state index contributed by atoms with van der Waals surface area (Å²) >= 11 is 0. The van der Waals surface area contributed by atoms with E-state index in [2.05, 4.69) is 19.9 Å². The number of carbonyl (C=O) groups is 1. The second-order valence-corrected chi connectivity index (χ2v) is 4.95. The summed E-state index contributed by atoms with van der Waals surface area (Å²) in [6.45, 7) is 6.11. The minimum atomic E-state index is -0.890. The summed E-state index contributed by atoms with van der Waals surface area (Å²) in [6.07, 6.45) is 9.94. The lowest BCUT2D eigenvalue weighted by atomic mass is 9.99. The average molecular weight is 254 g/mol. The predicted octanol–water partition coefficient (Wildman–Crippen LogP) is 3.80. The van der Waals surface area contributed by atoms with Crippen molar-refractivity contribution < 1.29 is 14.6 Å². The second-order valence-electron chi connectivity index (χ2n) is 4.95. The van der Waals surface area contributed by atoms with E-state index < -0.39 is 5.97 Å². The lowest BCUT2D eigenvalue weighted by molar-refractivity contribution is -0.131. The Balaban J connectivity index is 3.79. The molecule has 3 nitrogen and oxygen atoms in total. The zero-order chi connectivity index (χ0) is 14.0. The van der Waals surface area contributed by atoms with E-state index in [1.54, 1.807) is 14.0 Å². The van der Waals surface area contributed by atoms with Crippen LogP contribution in [0.4, 0.5) is 0 Å². The fourth-order valence-corrected chi connectivity index (χ4v) is 1.72. The maximum absolute atomic E-state index is 10.4. The Morgan fingerprint density at radius 3 is 2.56 bits per heavy atom. The Morgan fingerprint density at radius 1 is 1.33 bits per heavy atom. The summed E-state index contributed by atoms with van der Waals surface area (Å²) < 4.78 is 5.20. The molecule has 0 amide bonds. The Labute approximate surface area is 111 Å². The van der Waals surface area contributed by atoms with Crippen molar-refractivity contribution in [1.82, 2.24) is 0 Å². The van der Waals surface area contributed by atoms with Crippen molar-refractivity contribution in [2.75, 3.05) is 7.11 Å². The van der Waals surface area contributed by atoms with E-state index >= 15 is 0 Å². The van der Waals surface area contributed by atoms with Crippen LogP contribution in [0.15, 0.2) is 23.8 Å². The number of hydrogen-bond acceptors (Lipinski definition) is 2. The van der Waals surface area contributed by atoms with Crippen LogP contribution in [-0.2, 0) is 9.53 Å². The number of ether oxygens (including phenoxy) is 1. The maximum Gasteiger partial charge on any atom is 0.328 e. The number of hydrogen-bond donors (Lipinski definition) is 1. The molecular weight excluding hydrogens is 228 g/mol. The van der Waals surface area contributed by atoms with E-state index in [1.165, 1.54) is 18.9 Å². The summed E-state index contributed by atoms with van der Waals surface area (Å²) in [5.41, 5.74) is 0.780. The first-order valence-corrected chi connectivity index (χ1v) is 6.56. The van der Waals surface area contributed by atoms with Gasteiger partial charge in [-0.25, -0.2) is 4.79 Å². The molecule has 0 saturated heterocycles. The molecule has 0 aromatic carbocycles. The molecule has 0 aliphatic heterocycles. The van der Waals surface area contributed by atoms with Crippen molar-refractivity contribution in [2.45, 2.75) is 52.6 Å². The summed E-state index contributed by atoms with van der Waals surface area (Å²) in [6, 6.07) is 0. The SMILES string of the molecule is COC(C)CCCC(C)CC=CC(C)=CC(=O)O. The molecule has 2 atom stereocenters. The molecule has 0 heterocycles. The van der Waals surface area contributed by atoms with Crippen molar-refractivity contribution in [3.8, 4) is 0 Å². The molecular formula is C15H26O3. The average Bonchev–Trinajstić information content (AvgIpc) is 2.27. The van der Waals surface area contributed by atoms with Gasteiger partial charge in [-0.1, -0.05) is 31.9 Å². The first-order chi connectivity index (χ1) is 8.45. The van der Waals surface area contributed by atoms with Crippen LogP contribution in [0.25, 0.3) is 0 Å². The molecule has 0 spiro atoms. The van der Waals surface area contributed by atoms with Crippen LogP contribution in [0.1, 0.15) is 46.5 Å². The first-order valence-electron chi connectivity index (χ1n) is 6.56. The largest absolute Gasteiger partial charge is 0.478 e. The number of methoxy groups -OCH3 is 1. The normalized spacial score (nSPS) is 15.9. The monoisotopic (exact) mass is 254 g/mol. The van der Waals surface area contributed by atoms with Crippen LogP contribution in [-0.4, -0.2) is 24.3 Å². The summed E-state index contributed by atoms with van der Waals surface area (Å²) in [5.74, 6) is -0.262. The molecule has 0 radical (unpaired) electrons. The topological polar surface area (TPSA) is 46.5 Å². The van der Waals surface area contributed by atoms with Gasteiger partial charge in [-0.3, -0.25) is 0 Å². The third-order valence-corrected chi connectivity index (χ3v) is 2.98. The quantitative estimate of drug-likeness (QED) is 0.503. The molecule has 2 unspecified atom stereocenters. The molecule has 1 N–H and O–H groups in total. The Hall–Kier alpha value is -1.09. The highest BCUT2D eigenvalue weighted by Gasteiger charge is 2.03. The number of carboxylic acids is 1. The zero-order valence-corrected chi connectivity index (χ0v) is 12.0. The summed E-state index contributed by atoms with van der Waals surface area (Å²) in [4.78, 5) is 10.4. The van der Waals surface area contributed by atoms with Crippen LogP contribution >= 0.6 is 0 Å². The van der Waals surface area contributed by atoms with Gasteiger partial charge in [0.1, 0.15) is 0 Å². The molecule has 0 rings (SSSR count). The van der Waals surface area contributed by atoms with E-state index in [0.29, 0.717) is 12.0 Å². The van der Waals surface area contributed by atoms with Crippen molar-refractivity contribution in [2.24, 2.45) is 5.92 Å². The van der Waals surface area contributed by atoms with Crippen molar-refractivity contribution in [3.05, 3.63) is 23.8 Å². The maximum atomic E-state index is 10.4. The Bertz CT molecular complexity index is 292. The van der Waals surface area contributed by atoms with E-state index in [1.807, 2.05) is 6.08 Å². The molecule has 18 heavy (non-hydrogen) atoms. The van der Waals surface area contributed by atoms with Crippen LogP contribution in [0.2, 0.25) is 0 Å².